The van der Waals surface area contributed by atoms with Crippen molar-refractivity contribution in [3.63, 3.8) is 0 Å². The third-order valence-electron chi connectivity index (χ3n) is 5.34. The van der Waals surface area contributed by atoms with Crippen LogP contribution in [0, 0.1) is 0 Å². The highest BCUT2D eigenvalue weighted by Crippen LogP contribution is 2.33. The van der Waals surface area contributed by atoms with E-state index in [2.05, 4.69) is 10.4 Å². The lowest BCUT2D eigenvalue weighted by molar-refractivity contribution is 0.0933. The Morgan fingerprint density at radius 1 is 0.875 bits per heavy atom. The number of carbonyl (C=O) groups is 1. The summed E-state index contributed by atoms with van der Waals surface area (Å²) in [6.07, 6.45) is 0. The Hall–Kier alpha value is -4.06. The van der Waals surface area contributed by atoms with E-state index >= 15 is 0 Å². The Morgan fingerprint density at radius 2 is 1.50 bits per heavy atom. The topological polar surface area (TPSA) is 65.4 Å². The van der Waals surface area contributed by atoms with Crippen molar-refractivity contribution < 1.29 is 14.3 Å². The molecule has 0 aliphatic heterocycles. The maximum Gasteiger partial charge on any atom is 0.270 e. The Labute approximate surface area is 187 Å². The molecular weight excluding hydrogens is 402 g/mol. The lowest BCUT2D eigenvalue weighted by Crippen LogP contribution is -2.30. The predicted octanol–water partition coefficient (Wildman–Crippen LogP) is 4.62. The van der Waals surface area contributed by atoms with Gasteiger partial charge in [0.2, 0.25) is 0 Å². The molecule has 0 atom stereocenters. The summed E-state index contributed by atoms with van der Waals surface area (Å²) in [5.74, 6) is 1.10. The van der Waals surface area contributed by atoms with E-state index in [9.17, 15) is 4.79 Å². The van der Waals surface area contributed by atoms with E-state index in [-0.39, 0.29) is 11.9 Å². The van der Waals surface area contributed by atoms with Crippen LogP contribution in [-0.2, 0) is 7.05 Å². The molecule has 0 fully saturated rings. The van der Waals surface area contributed by atoms with Gasteiger partial charge in [-0.25, -0.2) is 0 Å². The quantitative estimate of drug-likeness (QED) is 0.467. The fourth-order valence-corrected chi connectivity index (χ4v) is 3.68. The fourth-order valence-electron chi connectivity index (χ4n) is 3.68. The number of methoxy groups -OCH3 is 2. The zero-order chi connectivity index (χ0) is 22.5. The second-order valence-corrected chi connectivity index (χ2v) is 7.33. The summed E-state index contributed by atoms with van der Waals surface area (Å²) in [6, 6.07) is 26.8. The van der Waals surface area contributed by atoms with Crippen molar-refractivity contribution in [3.8, 4) is 22.8 Å². The highest BCUT2D eigenvalue weighted by molar-refractivity contribution is 5.94. The van der Waals surface area contributed by atoms with Gasteiger partial charge in [0.25, 0.3) is 5.91 Å². The van der Waals surface area contributed by atoms with Gasteiger partial charge in [0.05, 0.1) is 26.0 Å². The molecule has 0 aliphatic carbocycles. The van der Waals surface area contributed by atoms with E-state index in [0.717, 1.165) is 16.7 Å². The third-order valence-corrected chi connectivity index (χ3v) is 5.34. The Morgan fingerprint density at radius 3 is 2.06 bits per heavy atom. The second kappa shape index (κ2) is 9.39. The van der Waals surface area contributed by atoms with Crippen LogP contribution in [0.4, 0.5) is 0 Å². The van der Waals surface area contributed by atoms with Gasteiger partial charge in [-0.2, -0.15) is 5.10 Å². The van der Waals surface area contributed by atoms with Crippen LogP contribution in [0.25, 0.3) is 11.3 Å². The summed E-state index contributed by atoms with van der Waals surface area (Å²) in [5, 5.41) is 7.72. The van der Waals surface area contributed by atoms with Gasteiger partial charge >= 0.3 is 0 Å². The minimum Gasteiger partial charge on any atom is -0.497 e. The first-order valence-corrected chi connectivity index (χ1v) is 10.3. The number of nitrogens with zero attached hydrogens (tertiary/aromatic N) is 2. The molecule has 1 amide bonds. The van der Waals surface area contributed by atoms with Crippen LogP contribution in [-0.4, -0.2) is 29.9 Å². The number of carbonyl (C=O) groups excluding carboxylic acids is 1. The molecule has 0 saturated heterocycles. The molecule has 0 saturated carbocycles. The molecule has 0 radical (unpaired) electrons. The number of hydrogen-bond donors (Lipinski definition) is 1. The summed E-state index contributed by atoms with van der Waals surface area (Å²) in [4.78, 5) is 13.3. The zero-order valence-corrected chi connectivity index (χ0v) is 18.3. The normalized spacial score (nSPS) is 10.8. The molecule has 3 aromatic carbocycles. The SMILES string of the molecule is COc1ccc(-c2cc(C(=O)NC(c3ccccc3)c3ccccc3)n(C)n2)c(OC)c1. The summed E-state index contributed by atoms with van der Waals surface area (Å²) in [6.45, 7) is 0. The molecule has 6 nitrogen and oxygen atoms in total. The Bertz CT molecular complexity index is 1160. The van der Waals surface area contributed by atoms with Crippen LogP contribution >= 0.6 is 0 Å². The number of amides is 1. The van der Waals surface area contributed by atoms with E-state index in [0.29, 0.717) is 22.9 Å². The molecule has 6 heteroatoms. The molecule has 1 aromatic heterocycles. The molecule has 0 bridgehead atoms. The zero-order valence-electron chi connectivity index (χ0n) is 18.3. The maximum atomic E-state index is 13.3. The second-order valence-electron chi connectivity index (χ2n) is 7.33. The highest BCUT2D eigenvalue weighted by Gasteiger charge is 2.21. The summed E-state index contributed by atoms with van der Waals surface area (Å²) in [5.41, 5.74) is 3.89. The molecule has 0 aliphatic rings. The van der Waals surface area contributed by atoms with E-state index in [4.69, 9.17) is 9.47 Å². The predicted molar refractivity (Wildman–Crippen MR) is 124 cm³/mol. The first-order valence-electron chi connectivity index (χ1n) is 10.3. The first-order chi connectivity index (χ1) is 15.6. The fraction of sp³-hybridized carbons (Fsp3) is 0.154. The van der Waals surface area contributed by atoms with Gasteiger partial charge in [0.15, 0.2) is 0 Å². The van der Waals surface area contributed by atoms with Crippen molar-refractivity contribution >= 4 is 5.91 Å². The van der Waals surface area contributed by atoms with E-state index < -0.39 is 0 Å². The van der Waals surface area contributed by atoms with Crippen LogP contribution in [0.1, 0.15) is 27.7 Å². The molecule has 4 rings (SSSR count). The van der Waals surface area contributed by atoms with Gasteiger partial charge in [0.1, 0.15) is 17.2 Å². The third kappa shape index (κ3) is 4.34. The van der Waals surface area contributed by atoms with Gasteiger partial charge in [-0.05, 0) is 29.3 Å². The van der Waals surface area contributed by atoms with E-state index in [1.54, 1.807) is 38.1 Å². The average Bonchev–Trinajstić information content (AvgIpc) is 3.24. The van der Waals surface area contributed by atoms with Crippen molar-refractivity contribution in [3.05, 3.63) is 102 Å². The van der Waals surface area contributed by atoms with Gasteiger partial charge in [-0.15, -0.1) is 0 Å². The summed E-state index contributed by atoms with van der Waals surface area (Å²) >= 11 is 0. The van der Waals surface area contributed by atoms with Crippen LogP contribution in [0.15, 0.2) is 84.9 Å². The molecule has 0 spiro atoms. The molecule has 1 N–H and O–H groups in total. The lowest BCUT2D eigenvalue weighted by Gasteiger charge is -2.20. The molecule has 4 aromatic rings. The van der Waals surface area contributed by atoms with Gasteiger partial charge < -0.3 is 14.8 Å². The van der Waals surface area contributed by atoms with Crippen molar-refractivity contribution in [2.75, 3.05) is 14.2 Å². The van der Waals surface area contributed by atoms with E-state index in [1.807, 2.05) is 72.8 Å². The van der Waals surface area contributed by atoms with Crippen LogP contribution in [0.3, 0.4) is 0 Å². The van der Waals surface area contributed by atoms with Crippen LogP contribution < -0.4 is 14.8 Å². The van der Waals surface area contributed by atoms with Crippen molar-refractivity contribution in [2.45, 2.75) is 6.04 Å². The standard InChI is InChI=1S/C26H25N3O3/c1-29-23(17-22(28-29)21-15-14-20(31-2)16-24(21)32-3)26(30)27-25(18-10-6-4-7-11-18)19-12-8-5-9-13-19/h4-17,25H,1-3H3,(H,27,30). The largest absolute Gasteiger partial charge is 0.497 e. The number of hydrogen-bond acceptors (Lipinski definition) is 4. The number of benzene rings is 3. The van der Waals surface area contributed by atoms with Crippen molar-refractivity contribution in [2.24, 2.45) is 7.05 Å². The number of aryl methyl sites for hydroxylation is 1. The number of ether oxygens (including phenoxy) is 2. The van der Waals surface area contributed by atoms with Gasteiger partial charge in [-0.3, -0.25) is 9.48 Å². The minimum absolute atomic E-state index is 0.212. The van der Waals surface area contributed by atoms with Crippen LogP contribution in [0.2, 0.25) is 0 Å². The molecular formula is C26H25N3O3. The average molecular weight is 428 g/mol. The molecule has 32 heavy (non-hydrogen) atoms. The Balaban J connectivity index is 1.66. The first kappa shape index (κ1) is 21.2. The summed E-state index contributed by atoms with van der Waals surface area (Å²) in [7, 11) is 4.96. The molecule has 1 heterocycles. The number of aromatic nitrogens is 2. The molecule has 0 unspecified atom stereocenters. The minimum atomic E-state index is -0.279. The van der Waals surface area contributed by atoms with Crippen LogP contribution in [0.5, 0.6) is 11.5 Å². The van der Waals surface area contributed by atoms with Crippen molar-refractivity contribution in [1.29, 1.82) is 0 Å². The highest BCUT2D eigenvalue weighted by atomic mass is 16.5. The number of rotatable bonds is 7. The lowest BCUT2D eigenvalue weighted by atomic mass is 9.98. The van der Waals surface area contributed by atoms with Gasteiger partial charge in [0, 0.05) is 18.7 Å². The molecule has 162 valence electrons. The smallest absolute Gasteiger partial charge is 0.270 e. The van der Waals surface area contributed by atoms with E-state index in [1.165, 1.54) is 0 Å². The van der Waals surface area contributed by atoms with Crippen molar-refractivity contribution in [1.82, 2.24) is 15.1 Å². The Kier molecular flexibility index (Phi) is 6.22. The number of nitrogens with one attached hydrogen (secondary N) is 1. The summed E-state index contributed by atoms with van der Waals surface area (Å²) < 4.78 is 12.4. The maximum absolute atomic E-state index is 13.3. The van der Waals surface area contributed by atoms with Gasteiger partial charge in [-0.1, -0.05) is 60.7 Å². The monoisotopic (exact) mass is 427 g/mol.